The first-order valence-corrected chi connectivity index (χ1v) is 20.6. The number of hydrogen-bond donors (Lipinski definition) is 5. The van der Waals surface area contributed by atoms with Gasteiger partial charge < -0.3 is 40.6 Å². The first kappa shape index (κ1) is 42.7. The van der Waals surface area contributed by atoms with Crippen molar-refractivity contribution in [1.82, 2.24) is 45.6 Å². The first-order valence-electron chi connectivity index (χ1n) is 20.6. The molecule has 0 spiro atoms. The highest BCUT2D eigenvalue weighted by atomic mass is 19.1. The van der Waals surface area contributed by atoms with Crippen LogP contribution in [0.4, 0.5) is 8.78 Å². The lowest BCUT2D eigenvalue weighted by Crippen LogP contribution is -2.58. The van der Waals surface area contributed by atoms with E-state index >= 15 is 0 Å². The van der Waals surface area contributed by atoms with Crippen LogP contribution < -0.4 is 21.3 Å². The van der Waals surface area contributed by atoms with Gasteiger partial charge in [-0.25, -0.2) is 13.8 Å². The number of halogens is 2. The average Bonchev–Trinajstić information content (AvgIpc) is 4.00. The number of likely N-dealkylation sites (tertiary alicyclic amines) is 2. The maximum Gasteiger partial charge on any atom is 0.245 e. The summed E-state index contributed by atoms with van der Waals surface area (Å²) >= 11 is 0. The fraction of sp³-hybridized carbons (Fsp3) is 0.558. The first-order chi connectivity index (χ1) is 27.6. The number of aromatic nitrogens is 3. The molecule has 0 radical (unpaired) electrons. The Morgan fingerprint density at radius 3 is 2.10 bits per heavy atom. The zero-order chi connectivity index (χ0) is 42.1. The molecule has 0 bridgehead atoms. The molecule has 58 heavy (non-hydrogen) atoms. The largest absolute Gasteiger partial charge is 0.352 e. The Morgan fingerprint density at radius 1 is 0.862 bits per heavy atom. The molecule has 15 heteroatoms. The van der Waals surface area contributed by atoms with E-state index in [-0.39, 0.29) is 35.7 Å². The number of amides is 4. The summed E-state index contributed by atoms with van der Waals surface area (Å²) < 4.78 is 31.6. The SMILES string of the molecule is CC[C@H](NC(=O)[C@H](C)NC)C(=O)N1CCC[C@H]1Cn1c(-c2[nH]c3cc(F)ccc3c2C[C@@H]2CCCN2C(=O)[C@@H](NC(=O)[C@H](C)NC)C(C)(C)C)nc2cc(F)ccc21. The van der Waals surface area contributed by atoms with Crippen LogP contribution in [0, 0.1) is 17.0 Å². The van der Waals surface area contributed by atoms with Gasteiger partial charge in [0.2, 0.25) is 23.6 Å². The number of imidazole rings is 1. The van der Waals surface area contributed by atoms with Gasteiger partial charge in [-0.1, -0.05) is 27.7 Å². The maximum atomic E-state index is 14.8. The van der Waals surface area contributed by atoms with E-state index in [2.05, 4.69) is 26.3 Å². The molecule has 2 aliphatic rings. The molecule has 2 saturated heterocycles. The predicted molar refractivity (Wildman–Crippen MR) is 221 cm³/mol. The zero-order valence-electron chi connectivity index (χ0n) is 35.0. The van der Waals surface area contributed by atoms with E-state index in [1.165, 1.54) is 24.3 Å². The average molecular weight is 804 g/mol. The quantitative estimate of drug-likeness (QED) is 0.125. The van der Waals surface area contributed by atoms with Crippen molar-refractivity contribution in [2.24, 2.45) is 5.41 Å². The summed E-state index contributed by atoms with van der Waals surface area (Å²) in [6, 6.07) is 6.16. The molecule has 4 aromatic rings. The standard InChI is InChI=1S/C43H59F2N9O4/c1-9-32(50-39(55)24(2)46-7)41(57)53-19-11-13-29(53)23-54-35-17-15-27(45)21-34(35)49-38(54)36-31(30-16-14-26(44)20-33(30)48-36)22-28-12-10-18-52(28)42(58)37(43(4,5)6)51-40(56)25(3)47-8/h14-17,20-21,24-25,28-29,32,37,46-48H,9-13,18-19,22-23H2,1-8H3,(H,50,55)(H,51,56)/t24-,25-,28-,29-,32-,37+/m0/s1. The molecule has 4 heterocycles. The van der Waals surface area contributed by atoms with E-state index in [1.54, 1.807) is 40.1 Å². The molecule has 2 aliphatic heterocycles. The Bertz CT molecular complexity index is 2160. The second kappa shape index (κ2) is 17.5. The molecule has 314 valence electrons. The minimum atomic E-state index is -0.767. The van der Waals surface area contributed by atoms with Gasteiger partial charge in [-0.05, 0) is 108 Å². The number of aromatic amines is 1. The van der Waals surface area contributed by atoms with E-state index in [0.717, 1.165) is 30.2 Å². The molecule has 6 atom stereocenters. The maximum absolute atomic E-state index is 14.8. The van der Waals surface area contributed by atoms with Gasteiger partial charge in [-0.3, -0.25) is 19.2 Å². The van der Waals surface area contributed by atoms with Crippen molar-refractivity contribution in [2.45, 2.75) is 123 Å². The number of nitrogens with zero attached hydrogens (tertiary/aromatic N) is 4. The van der Waals surface area contributed by atoms with Crippen LogP contribution in [0.3, 0.4) is 0 Å². The fourth-order valence-corrected chi connectivity index (χ4v) is 8.39. The Hall–Kier alpha value is -4.89. The Balaban J connectivity index is 1.38. The number of fused-ring (bicyclic) bond motifs is 2. The fourth-order valence-electron chi connectivity index (χ4n) is 8.39. The van der Waals surface area contributed by atoms with E-state index in [0.29, 0.717) is 67.0 Å². The molecule has 0 saturated carbocycles. The van der Waals surface area contributed by atoms with Crippen LogP contribution in [-0.4, -0.2) is 111 Å². The Kier molecular flexibility index (Phi) is 12.9. The number of likely N-dealkylation sites (N-methyl/N-ethyl adjacent to an activating group) is 2. The zero-order valence-corrected chi connectivity index (χ0v) is 35.0. The van der Waals surface area contributed by atoms with Crippen molar-refractivity contribution in [1.29, 1.82) is 0 Å². The Labute approximate surface area is 339 Å². The molecule has 13 nitrogen and oxygen atoms in total. The topological polar surface area (TPSA) is 156 Å². The van der Waals surface area contributed by atoms with Crippen LogP contribution in [0.5, 0.6) is 0 Å². The van der Waals surface area contributed by atoms with Crippen molar-refractivity contribution >= 4 is 45.6 Å². The molecule has 5 N–H and O–H groups in total. The number of benzene rings is 2. The summed E-state index contributed by atoms with van der Waals surface area (Å²) in [5.41, 5.74) is 2.55. The van der Waals surface area contributed by atoms with Gasteiger partial charge in [-0.15, -0.1) is 0 Å². The van der Waals surface area contributed by atoms with Gasteiger partial charge >= 0.3 is 0 Å². The monoisotopic (exact) mass is 803 g/mol. The highest BCUT2D eigenvalue weighted by molar-refractivity contribution is 5.93. The van der Waals surface area contributed by atoms with Crippen molar-refractivity contribution in [3.05, 3.63) is 53.6 Å². The molecule has 2 aromatic carbocycles. The molecule has 4 amide bonds. The van der Waals surface area contributed by atoms with E-state index in [4.69, 9.17) is 4.98 Å². The molecule has 2 aromatic heterocycles. The number of H-pyrrole nitrogens is 1. The minimum Gasteiger partial charge on any atom is -0.352 e. The van der Waals surface area contributed by atoms with Gasteiger partial charge in [-0.2, -0.15) is 0 Å². The van der Waals surface area contributed by atoms with Gasteiger partial charge in [0, 0.05) is 48.7 Å². The smallest absolute Gasteiger partial charge is 0.245 e. The highest BCUT2D eigenvalue weighted by Crippen LogP contribution is 2.37. The Morgan fingerprint density at radius 2 is 1.47 bits per heavy atom. The molecule has 6 rings (SSSR count). The van der Waals surface area contributed by atoms with Gasteiger partial charge in [0.1, 0.15) is 23.7 Å². The van der Waals surface area contributed by atoms with Crippen LogP contribution in [0.2, 0.25) is 0 Å². The van der Waals surface area contributed by atoms with Crippen LogP contribution in [0.15, 0.2) is 36.4 Å². The number of hydrogen-bond acceptors (Lipinski definition) is 7. The molecule has 0 unspecified atom stereocenters. The van der Waals surface area contributed by atoms with E-state index in [1.807, 2.05) is 42.1 Å². The van der Waals surface area contributed by atoms with E-state index < -0.39 is 41.2 Å². The third kappa shape index (κ3) is 8.75. The van der Waals surface area contributed by atoms with Gasteiger partial charge in [0.25, 0.3) is 0 Å². The highest BCUT2D eigenvalue weighted by Gasteiger charge is 2.41. The summed E-state index contributed by atoms with van der Waals surface area (Å²) in [7, 11) is 3.39. The third-order valence-electron chi connectivity index (χ3n) is 12.0. The summed E-state index contributed by atoms with van der Waals surface area (Å²) in [4.78, 5) is 66.4. The molecular weight excluding hydrogens is 745 g/mol. The molecule has 0 aliphatic carbocycles. The van der Waals surface area contributed by atoms with Gasteiger partial charge in [0.05, 0.1) is 28.8 Å². The molecule has 2 fully saturated rings. The second-order valence-electron chi connectivity index (χ2n) is 17.0. The number of carbonyl (C=O) groups excluding carboxylic acids is 4. The molecular formula is C43H59F2N9O4. The van der Waals surface area contributed by atoms with Crippen molar-refractivity contribution < 1.29 is 28.0 Å². The van der Waals surface area contributed by atoms with Crippen LogP contribution in [0.1, 0.15) is 79.2 Å². The normalized spacial score (nSPS) is 19.4. The van der Waals surface area contributed by atoms with Crippen molar-refractivity contribution in [3.8, 4) is 11.5 Å². The number of nitrogens with one attached hydrogen (secondary N) is 5. The van der Waals surface area contributed by atoms with Crippen LogP contribution in [-0.2, 0) is 32.1 Å². The summed E-state index contributed by atoms with van der Waals surface area (Å²) in [5.74, 6) is -1.18. The van der Waals surface area contributed by atoms with Crippen molar-refractivity contribution in [3.63, 3.8) is 0 Å². The van der Waals surface area contributed by atoms with E-state index in [9.17, 15) is 28.0 Å². The number of rotatable bonds is 14. The lowest BCUT2D eigenvalue weighted by Gasteiger charge is -2.36. The third-order valence-corrected chi connectivity index (χ3v) is 12.0. The van der Waals surface area contributed by atoms with Gasteiger partial charge in [0.15, 0.2) is 5.82 Å². The minimum absolute atomic E-state index is 0.156. The summed E-state index contributed by atoms with van der Waals surface area (Å²) in [5, 5.41) is 12.6. The summed E-state index contributed by atoms with van der Waals surface area (Å²) in [6.07, 6.45) is 3.83. The second-order valence-corrected chi connectivity index (χ2v) is 17.0. The lowest BCUT2D eigenvalue weighted by molar-refractivity contribution is -0.140. The van der Waals surface area contributed by atoms with Crippen molar-refractivity contribution in [2.75, 3.05) is 27.2 Å². The van der Waals surface area contributed by atoms with Crippen LogP contribution in [0.25, 0.3) is 33.5 Å². The predicted octanol–water partition coefficient (Wildman–Crippen LogP) is 4.63. The number of carbonyl (C=O) groups is 4. The lowest BCUT2D eigenvalue weighted by atomic mass is 9.85. The van der Waals surface area contributed by atoms with Crippen LogP contribution >= 0.6 is 0 Å². The summed E-state index contributed by atoms with van der Waals surface area (Å²) in [6.45, 7) is 12.6.